The van der Waals surface area contributed by atoms with Crippen molar-refractivity contribution in [3.05, 3.63) is 47.2 Å². The van der Waals surface area contributed by atoms with E-state index in [4.69, 9.17) is 10.5 Å². The minimum Gasteiger partial charge on any atom is -0.477 e. The largest absolute Gasteiger partial charge is 0.477 e. The van der Waals surface area contributed by atoms with Crippen LogP contribution in [0.2, 0.25) is 0 Å². The summed E-state index contributed by atoms with van der Waals surface area (Å²) >= 11 is 1.39. The summed E-state index contributed by atoms with van der Waals surface area (Å²) in [5.41, 5.74) is 6.41. The molecule has 0 aliphatic carbocycles. The van der Waals surface area contributed by atoms with Crippen molar-refractivity contribution in [2.45, 2.75) is 24.3 Å². The third-order valence-corrected chi connectivity index (χ3v) is 5.74. The first-order valence-electron chi connectivity index (χ1n) is 7.71. The van der Waals surface area contributed by atoms with Gasteiger partial charge in [-0.25, -0.2) is 4.79 Å². The van der Waals surface area contributed by atoms with E-state index in [1.807, 2.05) is 30.3 Å². The highest BCUT2D eigenvalue weighted by Crippen LogP contribution is 2.46. The van der Waals surface area contributed by atoms with Gasteiger partial charge in [0.1, 0.15) is 23.2 Å². The van der Waals surface area contributed by atoms with Gasteiger partial charge in [0, 0.05) is 24.7 Å². The summed E-state index contributed by atoms with van der Waals surface area (Å²) in [5.74, 6) is -1.80. The molecule has 1 fully saturated rings. The number of thioether (sulfide) groups is 1. The number of ether oxygens (including phenoxy) is 1. The Labute approximate surface area is 148 Å². The zero-order valence-corrected chi connectivity index (χ0v) is 14.4. The molecule has 0 spiro atoms. The van der Waals surface area contributed by atoms with Crippen molar-refractivity contribution in [3.63, 3.8) is 0 Å². The maximum absolute atomic E-state index is 12.7. The quantitative estimate of drug-likeness (QED) is 0.587. The molecular weight excluding hydrogens is 344 g/mol. The standard InChI is InChI=1S/C17H18N2O5S/c1-10(20)24-8-12-9-25-16-17(18,7-11-5-3-2-4-6-11)15(23)19(16)13(12)14(21)22/h2-6,16H,7-9,18H2,1H3,(H,21,22)/t16-,17?/m1/s1. The zero-order chi connectivity index (χ0) is 18.2. The predicted octanol–water partition coefficient (Wildman–Crippen LogP) is 0.744. The van der Waals surface area contributed by atoms with Crippen LogP contribution in [0.3, 0.4) is 0 Å². The van der Waals surface area contributed by atoms with E-state index in [2.05, 4.69) is 0 Å². The number of carbonyl (C=O) groups is 3. The van der Waals surface area contributed by atoms with Crippen molar-refractivity contribution in [1.82, 2.24) is 4.90 Å². The normalized spacial score (nSPS) is 25.3. The molecule has 132 valence electrons. The van der Waals surface area contributed by atoms with E-state index in [1.165, 1.54) is 23.6 Å². The summed E-state index contributed by atoms with van der Waals surface area (Å²) in [7, 11) is 0. The monoisotopic (exact) mass is 362 g/mol. The lowest BCUT2D eigenvalue weighted by molar-refractivity contribution is -0.154. The maximum atomic E-state index is 12.7. The third kappa shape index (κ3) is 3.03. The van der Waals surface area contributed by atoms with Crippen molar-refractivity contribution < 1.29 is 24.2 Å². The zero-order valence-electron chi connectivity index (χ0n) is 13.6. The maximum Gasteiger partial charge on any atom is 0.352 e. The van der Waals surface area contributed by atoms with Crippen LogP contribution in [0.1, 0.15) is 12.5 Å². The molecule has 2 aliphatic heterocycles. The number of aliphatic carboxylic acids is 1. The van der Waals surface area contributed by atoms with Gasteiger partial charge in [0.2, 0.25) is 0 Å². The summed E-state index contributed by atoms with van der Waals surface area (Å²) in [4.78, 5) is 36.6. The first-order chi connectivity index (χ1) is 11.8. The first-order valence-corrected chi connectivity index (χ1v) is 8.76. The molecule has 0 saturated carbocycles. The number of carboxylic acid groups (broad SMARTS) is 1. The Morgan fingerprint density at radius 2 is 2.08 bits per heavy atom. The van der Waals surface area contributed by atoms with Crippen molar-refractivity contribution in [2.75, 3.05) is 12.4 Å². The fourth-order valence-corrected chi connectivity index (χ4v) is 4.52. The van der Waals surface area contributed by atoms with Gasteiger partial charge in [-0.05, 0) is 5.56 Å². The summed E-state index contributed by atoms with van der Waals surface area (Å²) in [6.45, 7) is 1.11. The minimum absolute atomic E-state index is 0.121. The van der Waals surface area contributed by atoms with Crippen molar-refractivity contribution >= 4 is 29.6 Å². The number of amides is 1. The van der Waals surface area contributed by atoms with Gasteiger partial charge in [-0.15, -0.1) is 11.8 Å². The Bertz CT molecular complexity index is 764. The van der Waals surface area contributed by atoms with E-state index in [9.17, 15) is 19.5 Å². The molecule has 2 atom stereocenters. The molecule has 3 N–H and O–H groups in total. The lowest BCUT2D eigenvalue weighted by atomic mass is 9.81. The highest BCUT2D eigenvalue weighted by Gasteiger charge is 2.62. The molecule has 25 heavy (non-hydrogen) atoms. The van der Waals surface area contributed by atoms with Crippen molar-refractivity contribution in [3.8, 4) is 0 Å². The Kier molecular flexibility index (Phi) is 4.57. The lowest BCUT2D eigenvalue weighted by Crippen LogP contribution is -2.78. The average molecular weight is 362 g/mol. The molecule has 1 aromatic rings. The number of esters is 1. The molecule has 1 amide bonds. The van der Waals surface area contributed by atoms with Gasteiger partial charge in [-0.3, -0.25) is 14.5 Å². The molecule has 0 bridgehead atoms. The molecule has 1 unspecified atom stereocenters. The van der Waals surface area contributed by atoms with E-state index in [1.54, 1.807) is 0 Å². The number of nitrogens with zero attached hydrogens (tertiary/aromatic N) is 1. The summed E-state index contributed by atoms with van der Waals surface area (Å²) in [6.07, 6.45) is 0.340. The van der Waals surface area contributed by atoms with Crippen LogP contribution in [0, 0.1) is 0 Å². The van der Waals surface area contributed by atoms with Gasteiger partial charge in [0.05, 0.1) is 0 Å². The molecule has 2 heterocycles. The Balaban J connectivity index is 1.86. The number of nitrogens with two attached hydrogens (primary N) is 1. The van der Waals surface area contributed by atoms with Gasteiger partial charge < -0.3 is 15.6 Å². The number of carboxylic acids is 1. The van der Waals surface area contributed by atoms with Crippen LogP contribution in [-0.4, -0.2) is 51.1 Å². The molecule has 0 radical (unpaired) electrons. The second-order valence-electron chi connectivity index (χ2n) is 6.08. The number of β-lactam (4-membered cyclic amide) rings is 1. The Hall–Kier alpha value is -2.32. The highest BCUT2D eigenvalue weighted by atomic mass is 32.2. The lowest BCUT2D eigenvalue weighted by Gasteiger charge is -2.55. The number of benzene rings is 1. The van der Waals surface area contributed by atoms with Crippen molar-refractivity contribution in [1.29, 1.82) is 0 Å². The van der Waals surface area contributed by atoms with E-state index >= 15 is 0 Å². The number of hydrogen-bond acceptors (Lipinski definition) is 6. The second-order valence-corrected chi connectivity index (χ2v) is 7.15. The van der Waals surface area contributed by atoms with E-state index in [-0.39, 0.29) is 12.3 Å². The van der Waals surface area contributed by atoms with E-state index < -0.39 is 28.8 Å². The molecule has 0 aromatic heterocycles. The van der Waals surface area contributed by atoms with Crippen LogP contribution in [0.4, 0.5) is 0 Å². The van der Waals surface area contributed by atoms with Crippen LogP contribution >= 0.6 is 11.8 Å². The van der Waals surface area contributed by atoms with Crippen LogP contribution in [0.25, 0.3) is 0 Å². The molecule has 2 aliphatic rings. The van der Waals surface area contributed by atoms with Crippen LogP contribution < -0.4 is 5.73 Å². The van der Waals surface area contributed by atoms with Gasteiger partial charge in [0.25, 0.3) is 5.91 Å². The number of carbonyl (C=O) groups excluding carboxylic acids is 2. The first kappa shape index (κ1) is 17.5. The molecule has 8 heteroatoms. The number of rotatable bonds is 5. The average Bonchev–Trinajstić information content (AvgIpc) is 2.59. The molecule has 1 aromatic carbocycles. The molecule has 1 saturated heterocycles. The van der Waals surface area contributed by atoms with Crippen LogP contribution in [-0.2, 0) is 25.5 Å². The minimum atomic E-state index is -1.22. The number of fused-ring (bicyclic) bond motifs is 1. The fourth-order valence-electron chi connectivity index (χ4n) is 3.11. The molecule has 3 rings (SSSR count). The topological polar surface area (TPSA) is 110 Å². The SMILES string of the molecule is CC(=O)OCC1=C(C(=O)O)N2C(=O)C(N)(Cc3ccccc3)[C@H]2SC1. The Morgan fingerprint density at radius 1 is 1.40 bits per heavy atom. The van der Waals surface area contributed by atoms with E-state index in [0.717, 1.165) is 5.56 Å². The van der Waals surface area contributed by atoms with E-state index in [0.29, 0.717) is 17.7 Å². The summed E-state index contributed by atoms with van der Waals surface area (Å²) in [6, 6.07) is 9.39. The predicted molar refractivity (Wildman–Crippen MR) is 91.5 cm³/mol. The van der Waals surface area contributed by atoms with Gasteiger partial charge in [0.15, 0.2) is 0 Å². The molecule has 7 nitrogen and oxygen atoms in total. The van der Waals surface area contributed by atoms with Crippen molar-refractivity contribution in [2.24, 2.45) is 5.73 Å². The van der Waals surface area contributed by atoms with Crippen LogP contribution in [0.15, 0.2) is 41.6 Å². The smallest absolute Gasteiger partial charge is 0.352 e. The number of hydrogen-bond donors (Lipinski definition) is 2. The van der Waals surface area contributed by atoms with Gasteiger partial charge in [-0.1, -0.05) is 30.3 Å². The second kappa shape index (κ2) is 6.53. The Morgan fingerprint density at radius 3 is 2.68 bits per heavy atom. The van der Waals surface area contributed by atoms with Crippen LogP contribution in [0.5, 0.6) is 0 Å². The van der Waals surface area contributed by atoms with Gasteiger partial charge >= 0.3 is 11.9 Å². The summed E-state index contributed by atoms with van der Waals surface area (Å²) in [5, 5.41) is 9.08. The highest BCUT2D eigenvalue weighted by molar-refractivity contribution is 8.00. The third-order valence-electron chi connectivity index (χ3n) is 4.28. The summed E-state index contributed by atoms with van der Waals surface area (Å²) < 4.78 is 4.91. The van der Waals surface area contributed by atoms with Gasteiger partial charge in [-0.2, -0.15) is 0 Å². The molecular formula is C17H18N2O5S. The fraction of sp³-hybridized carbons (Fsp3) is 0.353.